The fourth-order valence-electron chi connectivity index (χ4n) is 1.03. The van der Waals surface area contributed by atoms with Crippen molar-refractivity contribution in [2.24, 2.45) is 0 Å². The number of carboxylic acid groups (broad SMARTS) is 1. The second kappa shape index (κ2) is 7.49. The van der Waals surface area contributed by atoms with Crippen LogP contribution in [-0.2, 0) is 11.3 Å². The fraction of sp³-hybridized carbons (Fsp3) is 0.182. The third-order valence-electron chi connectivity index (χ3n) is 1.72. The molecule has 0 saturated carbocycles. The summed E-state index contributed by atoms with van der Waals surface area (Å²) >= 11 is 0. The van der Waals surface area contributed by atoms with Gasteiger partial charge in [-0.05, 0) is 17.7 Å². The number of nitrogens with one attached hydrogen (secondary N) is 1. The standard InChI is InChI=1S/C11H11NO2.Na/c1-2-9-3-5-10(6-4-9)7-12-8-11(13)14;/h1,3-6,12H,7-8H2,(H,13,14);/q;+1/p-1. The topological polar surface area (TPSA) is 52.2 Å². The van der Waals surface area contributed by atoms with E-state index in [2.05, 4.69) is 11.2 Å². The smallest absolute Gasteiger partial charge is 0.549 e. The maximum atomic E-state index is 10.1. The summed E-state index contributed by atoms with van der Waals surface area (Å²) in [5, 5.41) is 12.8. The monoisotopic (exact) mass is 211 g/mol. The summed E-state index contributed by atoms with van der Waals surface area (Å²) in [6.45, 7) is 0.357. The van der Waals surface area contributed by atoms with Crippen molar-refractivity contribution in [3.05, 3.63) is 35.4 Å². The summed E-state index contributed by atoms with van der Waals surface area (Å²) in [4.78, 5) is 10.1. The van der Waals surface area contributed by atoms with Crippen LogP contribution in [0.3, 0.4) is 0 Å². The van der Waals surface area contributed by atoms with Gasteiger partial charge in [0, 0.05) is 18.7 Å². The molecule has 4 heteroatoms. The summed E-state index contributed by atoms with van der Waals surface area (Å²) in [5.41, 5.74) is 1.80. The largest absolute Gasteiger partial charge is 1.00 e. The van der Waals surface area contributed by atoms with Gasteiger partial charge < -0.3 is 15.2 Å². The Bertz CT molecular complexity index is 354. The zero-order valence-electron chi connectivity index (χ0n) is 8.62. The molecule has 0 aliphatic rings. The van der Waals surface area contributed by atoms with Crippen LogP contribution in [0.15, 0.2) is 24.3 Å². The molecule has 0 fully saturated rings. The van der Waals surface area contributed by atoms with Crippen LogP contribution in [0, 0.1) is 12.3 Å². The van der Waals surface area contributed by atoms with Gasteiger partial charge in [-0.2, -0.15) is 0 Å². The molecule has 0 heterocycles. The molecule has 0 aliphatic carbocycles. The molecule has 0 bridgehead atoms. The Morgan fingerprint density at radius 2 is 2.00 bits per heavy atom. The van der Waals surface area contributed by atoms with Crippen molar-refractivity contribution in [2.45, 2.75) is 6.54 Å². The van der Waals surface area contributed by atoms with Crippen molar-refractivity contribution >= 4 is 5.97 Å². The van der Waals surface area contributed by atoms with Gasteiger partial charge in [0.05, 0.1) is 5.97 Å². The number of hydrogen-bond acceptors (Lipinski definition) is 3. The molecular weight excluding hydrogens is 201 g/mol. The van der Waals surface area contributed by atoms with Crippen LogP contribution in [-0.4, -0.2) is 12.5 Å². The Morgan fingerprint density at radius 3 is 2.47 bits per heavy atom. The zero-order chi connectivity index (χ0) is 10.4. The van der Waals surface area contributed by atoms with Crippen LogP contribution in [0.4, 0.5) is 0 Å². The van der Waals surface area contributed by atoms with Gasteiger partial charge in [0.15, 0.2) is 0 Å². The first kappa shape index (κ1) is 14.2. The van der Waals surface area contributed by atoms with Crippen LogP contribution in [0.2, 0.25) is 0 Å². The van der Waals surface area contributed by atoms with Crippen molar-refractivity contribution < 1.29 is 39.5 Å². The average Bonchev–Trinajstić information content (AvgIpc) is 2.18. The molecule has 1 rings (SSSR count). The van der Waals surface area contributed by atoms with Gasteiger partial charge in [-0.3, -0.25) is 0 Å². The van der Waals surface area contributed by atoms with E-state index in [0.29, 0.717) is 6.54 Å². The molecule has 0 amide bonds. The number of carbonyl (C=O) groups is 1. The number of terminal acetylenes is 1. The number of aliphatic carboxylic acids is 1. The maximum Gasteiger partial charge on any atom is 1.00 e. The third kappa shape index (κ3) is 5.60. The van der Waals surface area contributed by atoms with Crippen LogP contribution in [0.5, 0.6) is 0 Å². The van der Waals surface area contributed by atoms with E-state index in [4.69, 9.17) is 6.42 Å². The molecule has 0 radical (unpaired) electrons. The van der Waals surface area contributed by atoms with E-state index in [9.17, 15) is 9.90 Å². The molecule has 0 aromatic heterocycles. The van der Waals surface area contributed by atoms with E-state index in [-0.39, 0.29) is 36.1 Å². The van der Waals surface area contributed by atoms with Gasteiger partial charge in [0.2, 0.25) is 0 Å². The molecule has 1 N–H and O–H groups in total. The van der Waals surface area contributed by atoms with Crippen molar-refractivity contribution in [3.8, 4) is 12.3 Å². The summed E-state index contributed by atoms with van der Waals surface area (Å²) in [6, 6.07) is 7.35. The number of benzene rings is 1. The number of carboxylic acids is 1. The molecule has 0 atom stereocenters. The predicted octanol–water partition coefficient (Wildman–Crippen LogP) is -3.49. The van der Waals surface area contributed by atoms with E-state index in [1.54, 1.807) is 0 Å². The van der Waals surface area contributed by atoms with Crippen LogP contribution in [0.1, 0.15) is 11.1 Å². The van der Waals surface area contributed by atoms with Crippen molar-refractivity contribution in [2.75, 3.05) is 6.54 Å². The van der Waals surface area contributed by atoms with Gasteiger partial charge in [-0.25, -0.2) is 0 Å². The minimum atomic E-state index is -1.11. The Kier molecular flexibility index (Phi) is 7.10. The Labute approximate surface area is 111 Å². The first-order valence-electron chi connectivity index (χ1n) is 4.18. The van der Waals surface area contributed by atoms with Crippen molar-refractivity contribution in [1.82, 2.24) is 5.32 Å². The average molecular weight is 211 g/mol. The fourth-order valence-corrected chi connectivity index (χ4v) is 1.03. The zero-order valence-corrected chi connectivity index (χ0v) is 10.6. The van der Waals surface area contributed by atoms with E-state index in [1.807, 2.05) is 24.3 Å². The molecule has 0 unspecified atom stereocenters. The van der Waals surface area contributed by atoms with Gasteiger partial charge >= 0.3 is 29.6 Å². The maximum absolute atomic E-state index is 10.1. The van der Waals surface area contributed by atoms with Gasteiger partial charge in [0.25, 0.3) is 0 Å². The molecule has 1 aromatic rings. The summed E-state index contributed by atoms with van der Waals surface area (Å²) < 4.78 is 0. The second-order valence-corrected chi connectivity index (χ2v) is 2.82. The van der Waals surface area contributed by atoms with Crippen molar-refractivity contribution in [3.63, 3.8) is 0 Å². The number of hydrogen-bond donors (Lipinski definition) is 1. The summed E-state index contributed by atoms with van der Waals surface area (Å²) in [6.07, 6.45) is 5.19. The second-order valence-electron chi connectivity index (χ2n) is 2.82. The number of rotatable bonds is 4. The minimum absolute atomic E-state index is 0. The van der Waals surface area contributed by atoms with E-state index in [0.717, 1.165) is 11.1 Å². The van der Waals surface area contributed by atoms with E-state index < -0.39 is 5.97 Å². The first-order valence-corrected chi connectivity index (χ1v) is 4.18. The predicted molar refractivity (Wildman–Crippen MR) is 51.1 cm³/mol. The molecular formula is C11H10NNaO2. The quantitative estimate of drug-likeness (QED) is 0.415. The first-order chi connectivity index (χ1) is 6.72. The normalized spacial score (nSPS) is 8.73. The molecule has 3 nitrogen and oxygen atoms in total. The Balaban J connectivity index is 0.00000196. The van der Waals surface area contributed by atoms with Gasteiger partial charge in [0.1, 0.15) is 0 Å². The minimum Gasteiger partial charge on any atom is -0.549 e. The molecule has 0 spiro atoms. The molecule has 72 valence electrons. The van der Waals surface area contributed by atoms with Crippen molar-refractivity contribution in [1.29, 1.82) is 0 Å². The van der Waals surface area contributed by atoms with Crippen LogP contribution >= 0.6 is 0 Å². The molecule has 15 heavy (non-hydrogen) atoms. The molecule has 1 aromatic carbocycles. The van der Waals surface area contributed by atoms with Gasteiger partial charge in [-0.1, -0.05) is 18.1 Å². The Hall–Kier alpha value is -0.790. The Morgan fingerprint density at radius 1 is 1.40 bits per heavy atom. The van der Waals surface area contributed by atoms with Crippen LogP contribution < -0.4 is 40.0 Å². The van der Waals surface area contributed by atoms with E-state index in [1.165, 1.54) is 0 Å². The SMILES string of the molecule is C#Cc1ccc(CNCC(=O)[O-])cc1.[Na+]. The summed E-state index contributed by atoms with van der Waals surface area (Å²) in [5.74, 6) is 1.40. The van der Waals surface area contributed by atoms with Gasteiger partial charge in [-0.15, -0.1) is 6.42 Å². The summed E-state index contributed by atoms with van der Waals surface area (Å²) in [7, 11) is 0. The molecule has 0 aliphatic heterocycles. The number of carbonyl (C=O) groups excluding carboxylic acids is 1. The third-order valence-corrected chi connectivity index (χ3v) is 1.72. The van der Waals surface area contributed by atoms with Crippen LogP contribution in [0.25, 0.3) is 0 Å². The molecule has 0 saturated heterocycles. The van der Waals surface area contributed by atoms with E-state index >= 15 is 0 Å².